The minimum absolute atomic E-state index is 0.0110. The Morgan fingerprint density at radius 2 is 1.88 bits per heavy atom. The second-order valence-corrected chi connectivity index (χ2v) is 7.49. The molecule has 3 aromatic rings. The number of rotatable bonds is 0. The molecule has 3 heterocycles. The monoisotopic (exact) mass is 403 g/mol. The second-order valence-electron chi connectivity index (χ2n) is 6.63. The summed E-state index contributed by atoms with van der Waals surface area (Å²) < 4.78 is 0.806. The number of ketones is 2. The fourth-order valence-electron chi connectivity index (χ4n) is 4.15. The summed E-state index contributed by atoms with van der Waals surface area (Å²) in [5.74, 6) is -0.0800. The van der Waals surface area contributed by atoms with Crippen molar-refractivity contribution in [2.45, 2.75) is 6.42 Å². The van der Waals surface area contributed by atoms with Crippen LogP contribution in [0, 0.1) is 10.6 Å². The molecule has 0 spiro atoms. The molecule has 124 valence electrons. The number of fused-ring (bicyclic) bond motifs is 6. The predicted molar refractivity (Wildman–Crippen MR) is 97.8 cm³/mol. The molecule has 26 heavy (non-hydrogen) atoms. The van der Waals surface area contributed by atoms with E-state index in [0.29, 0.717) is 16.8 Å². The quantitative estimate of drug-likeness (QED) is 0.557. The van der Waals surface area contributed by atoms with Crippen LogP contribution in [-0.2, 0) is 11.2 Å². The lowest BCUT2D eigenvalue weighted by atomic mass is 9.91. The molecule has 2 aromatic heterocycles. The SMILES string of the molecule is O=C1Cc2c3c([nH]c2=C2N=c4ccccc4=C12)=c1cc(Br)[nH]c1=CC3=O. The summed E-state index contributed by atoms with van der Waals surface area (Å²) in [6.45, 7) is 0. The first kappa shape index (κ1) is 14.2. The van der Waals surface area contributed by atoms with Crippen LogP contribution in [0.1, 0.15) is 15.9 Å². The first-order valence-electron chi connectivity index (χ1n) is 8.23. The molecule has 3 aliphatic rings. The lowest BCUT2D eigenvalue weighted by Crippen LogP contribution is -2.29. The van der Waals surface area contributed by atoms with Gasteiger partial charge in [-0.15, -0.1) is 0 Å². The molecule has 0 atom stereocenters. The fraction of sp³-hybridized carbons (Fsp3) is 0.0500. The molecule has 0 bridgehead atoms. The van der Waals surface area contributed by atoms with Gasteiger partial charge in [-0.2, -0.15) is 0 Å². The van der Waals surface area contributed by atoms with Gasteiger partial charge in [-0.25, -0.2) is 4.99 Å². The number of H-pyrrole nitrogens is 2. The molecule has 0 saturated heterocycles. The van der Waals surface area contributed by atoms with Gasteiger partial charge < -0.3 is 9.97 Å². The van der Waals surface area contributed by atoms with E-state index in [9.17, 15) is 9.59 Å². The van der Waals surface area contributed by atoms with Crippen LogP contribution in [0.2, 0.25) is 0 Å². The van der Waals surface area contributed by atoms with Crippen LogP contribution >= 0.6 is 15.9 Å². The Morgan fingerprint density at radius 3 is 2.77 bits per heavy atom. The first-order chi connectivity index (χ1) is 12.6. The third-order valence-corrected chi connectivity index (χ3v) is 5.63. The van der Waals surface area contributed by atoms with Crippen LogP contribution in [0.5, 0.6) is 0 Å². The van der Waals surface area contributed by atoms with Gasteiger partial charge in [0.25, 0.3) is 0 Å². The second kappa shape index (κ2) is 4.59. The minimum atomic E-state index is -0.0910. The van der Waals surface area contributed by atoms with E-state index in [-0.39, 0.29) is 18.0 Å². The lowest BCUT2D eigenvalue weighted by molar-refractivity contribution is -0.113. The van der Waals surface area contributed by atoms with E-state index in [2.05, 4.69) is 30.9 Å². The number of Topliss-reactive ketones (excluding diaryl/α,β-unsaturated/α-hetero) is 2. The Bertz CT molecular complexity index is 1550. The molecular formula is C20H10BrN3O2. The van der Waals surface area contributed by atoms with Crippen molar-refractivity contribution in [1.29, 1.82) is 0 Å². The summed E-state index contributed by atoms with van der Waals surface area (Å²) in [5.41, 5.74) is 2.64. The van der Waals surface area contributed by atoms with E-state index in [4.69, 9.17) is 0 Å². The third-order valence-electron chi connectivity index (χ3n) is 5.21. The van der Waals surface area contributed by atoms with Gasteiger partial charge in [-0.1, -0.05) is 18.2 Å². The summed E-state index contributed by atoms with van der Waals surface area (Å²) in [7, 11) is 0. The smallest absolute Gasteiger partial charge is 0.190 e. The van der Waals surface area contributed by atoms with E-state index in [1.807, 2.05) is 30.3 Å². The number of carbonyl (C=O) groups excluding carboxylic acids is 2. The topological polar surface area (TPSA) is 78.1 Å². The van der Waals surface area contributed by atoms with Crippen LogP contribution in [0.4, 0.5) is 0 Å². The van der Waals surface area contributed by atoms with Gasteiger partial charge >= 0.3 is 0 Å². The van der Waals surface area contributed by atoms with Gasteiger partial charge in [-0.05, 0) is 33.6 Å². The van der Waals surface area contributed by atoms with E-state index in [0.717, 1.165) is 42.0 Å². The van der Waals surface area contributed by atoms with Crippen LogP contribution in [-0.4, -0.2) is 21.5 Å². The van der Waals surface area contributed by atoms with Gasteiger partial charge in [0, 0.05) is 22.9 Å². The van der Waals surface area contributed by atoms with Crippen molar-refractivity contribution < 1.29 is 9.59 Å². The highest BCUT2D eigenvalue weighted by molar-refractivity contribution is 9.10. The van der Waals surface area contributed by atoms with Gasteiger partial charge in [-0.3, -0.25) is 9.59 Å². The molecule has 6 rings (SSSR count). The zero-order valence-electron chi connectivity index (χ0n) is 13.3. The van der Waals surface area contributed by atoms with Crippen molar-refractivity contribution in [3.63, 3.8) is 0 Å². The summed E-state index contributed by atoms with van der Waals surface area (Å²) in [5, 5.41) is 4.90. The summed E-state index contributed by atoms with van der Waals surface area (Å²) in [4.78, 5) is 36.8. The molecule has 0 radical (unpaired) electrons. The minimum Gasteiger partial charge on any atom is -0.352 e. The molecule has 2 N–H and O–H groups in total. The number of nitrogens with zero attached hydrogens (tertiary/aromatic N) is 1. The summed E-state index contributed by atoms with van der Waals surface area (Å²) >= 11 is 3.43. The van der Waals surface area contributed by atoms with Gasteiger partial charge in [0.1, 0.15) is 0 Å². The highest BCUT2D eigenvalue weighted by Crippen LogP contribution is 2.25. The normalized spacial score (nSPS) is 16.3. The maximum absolute atomic E-state index is 12.9. The molecule has 0 unspecified atom stereocenters. The number of nitrogens with one attached hydrogen (secondary N) is 2. The highest BCUT2D eigenvalue weighted by Gasteiger charge is 2.31. The van der Waals surface area contributed by atoms with Crippen molar-refractivity contribution in [2.24, 2.45) is 4.99 Å². The van der Waals surface area contributed by atoms with Gasteiger partial charge in [0.05, 0.1) is 42.8 Å². The van der Waals surface area contributed by atoms with Crippen LogP contribution in [0.25, 0.3) is 17.3 Å². The largest absolute Gasteiger partial charge is 0.352 e. The molecule has 0 fully saturated rings. The predicted octanol–water partition coefficient (Wildman–Crippen LogP) is 0.0866. The molecular weight excluding hydrogens is 394 g/mol. The Morgan fingerprint density at radius 1 is 1.04 bits per heavy atom. The highest BCUT2D eigenvalue weighted by atomic mass is 79.9. The number of hydrogen-bond donors (Lipinski definition) is 2. The zero-order chi connectivity index (χ0) is 17.6. The number of para-hydroxylation sites is 1. The van der Waals surface area contributed by atoms with Crippen LogP contribution in [0.15, 0.2) is 39.9 Å². The van der Waals surface area contributed by atoms with E-state index >= 15 is 0 Å². The maximum atomic E-state index is 12.9. The molecule has 0 saturated carbocycles. The first-order valence-corrected chi connectivity index (χ1v) is 9.03. The Balaban J connectivity index is 1.89. The molecule has 2 aliphatic carbocycles. The van der Waals surface area contributed by atoms with Crippen molar-refractivity contribution in [2.75, 3.05) is 0 Å². The average Bonchev–Trinajstić information content (AvgIpc) is 3.27. The van der Waals surface area contributed by atoms with E-state index in [1.54, 1.807) is 6.08 Å². The van der Waals surface area contributed by atoms with Gasteiger partial charge in [0.15, 0.2) is 11.6 Å². The number of benzene rings is 1. The number of hydrogen-bond acceptors (Lipinski definition) is 3. The summed E-state index contributed by atoms with van der Waals surface area (Å²) in [6, 6.07) is 9.59. The standard InChI is InChI=1S/C20H10BrN3O2/c21-15-6-9-12(22-15)7-14(26)17-10-5-13(25)16-8-3-1-2-4-11(8)23-20(16)19(10)24-18(9)17/h1-4,6-7,22,24H,5H2. The van der Waals surface area contributed by atoms with Crippen LogP contribution in [0.3, 0.4) is 0 Å². The summed E-state index contributed by atoms with van der Waals surface area (Å²) in [6.07, 6.45) is 1.80. The van der Waals surface area contributed by atoms with Crippen molar-refractivity contribution in [3.05, 3.63) is 77.9 Å². The Kier molecular flexibility index (Phi) is 2.51. The fourth-order valence-corrected chi connectivity index (χ4v) is 4.59. The molecule has 6 heteroatoms. The zero-order valence-corrected chi connectivity index (χ0v) is 14.9. The Hall–Kier alpha value is -2.99. The lowest BCUT2D eigenvalue weighted by Gasteiger charge is -2.11. The van der Waals surface area contributed by atoms with E-state index in [1.165, 1.54) is 0 Å². The number of halogens is 1. The third kappa shape index (κ3) is 1.62. The van der Waals surface area contributed by atoms with Crippen molar-refractivity contribution in [1.82, 2.24) is 9.97 Å². The van der Waals surface area contributed by atoms with Crippen molar-refractivity contribution in [3.8, 4) is 0 Å². The van der Waals surface area contributed by atoms with Crippen molar-refractivity contribution >= 4 is 44.8 Å². The molecule has 5 nitrogen and oxygen atoms in total. The van der Waals surface area contributed by atoms with Crippen LogP contribution < -0.4 is 21.3 Å². The number of carbonyl (C=O) groups is 2. The Labute approximate surface area is 153 Å². The van der Waals surface area contributed by atoms with Gasteiger partial charge in [0.2, 0.25) is 0 Å². The maximum Gasteiger partial charge on any atom is 0.190 e. The van der Waals surface area contributed by atoms with E-state index < -0.39 is 0 Å². The number of aromatic nitrogens is 2. The molecule has 1 aromatic carbocycles. The number of aromatic amines is 2. The molecule has 1 aliphatic heterocycles. The average molecular weight is 404 g/mol. The molecule has 0 amide bonds.